The van der Waals surface area contributed by atoms with Gasteiger partial charge in [0.15, 0.2) is 12.4 Å². The topological polar surface area (TPSA) is 20.9 Å². The maximum absolute atomic E-state index is 12.3. The fourth-order valence-corrected chi connectivity index (χ4v) is 2.58. The first-order valence-corrected chi connectivity index (χ1v) is 7.85. The van der Waals surface area contributed by atoms with Gasteiger partial charge in [-0.15, -0.1) is 0 Å². The third-order valence-electron chi connectivity index (χ3n) is 3.46. The molecule has 2 nitrogen and oxygen atoms in total. The zero-order chi connectivity index (χ0) is 15.4. The number of Topliss-reactive ketones (excluding diaryl/α,β-unsaturated/α-hetero) is 1. The summed E-state index contributed by atoms with van der Waals surface area (Å²) in [5, 5.41) is 0. The van der Waals surface area contributed by atoms with E-state index in [1.54, 1.807) is 0 Å². The van der Waals surface area contributed by atoms with Crippen LogP contribution in [0.2, 0.25) is 0 Å². The SMILES string of the molecule is O=C(C[n+]1cccc(-c2ccccc2)c1)c1ccc(Br)cc1. The zero-order valence-electron chi connectivity index (χ0n) is 11.9. The highest BCUT2D eigenvalue weighted by Crippen LogP contribution is 2.16. The number of hydrogen-bond acceptors (Lipinski definition) is 1. The highest BCUT2D eigenvalue weighted by molar-refractivity contribution is 9.10. The molecule has 0 atom stereocenters. The molecule has 0 fully saturated rings. The largest absolute Gasteiger partial charge is 0.287 e. The molecule has 0 bridgehead atoms. The van der Waals surface area contributed by atoms with E-state index >= 15 is 0 Å². The Morgan fingerprint density at radius 1 is 0.864 bits per heavy atom. The van der Waals surface area contributed by atoms with Gasteiger partial charge in [-0.25, -0.2) is 0 Å². The third kappa shape index (κ3) is 3.49. The lowest BCUT2D eigenvalue weighted by Gasteiger charge is -2.02. The monoisotopic (exact) mass is 352 g/mol. The quantitative estimate of drug-likeness (QED) is 0.506. The Morgan fingerprint density at radius 3 is 2.27 bits per heavy atom. The van der Waals surface area contributed by atoms with Gasteiger partial charge in [0, 0.05) is 21.7 Å². The fraction of sp³-hybridized carbons (Fsp3) is 0.0526. The highest BCUT2D eigenvalue weighted by atomic mass is 79.9. The van der Waals surface area contributed by atoms with Gasteiger partial charge in [0.2, 0.25) is 12.3 Å². The summed E-state index contributed by atoms with van der Waals surface area (Å²) < 4.78 is 2.90. The summed E-state index contributed by atoms with van der Waals surface area (Å²) in [5.74, 6) is 0.0997. The van der Waals surface area contributed by atoms with Crippen molar-refractivity contribution in [1.29, 1.82) is 0 Å². The number of halogens is 1. The van der Waals surface area contributed by atoms with E-state index in [1.807, 2.05) is 65.5 Å². The van der Waals surface area contributed by atoms with Crippen molar-refractivity contribution < 1.29 is 9.36 Å². The molecule has 3 aromatic rings. The van der Waals surface area contributed by atoms with Crippen LogP contribution in [0.25, 0.3) is 11.1 Å². The normalized spacial score (nSPS) is 10.4. The van der Waals surface area contributed by atoms with Gasteiger partial charge >= 0.3 is 0 Å². The van der Waals surface area contributed by atoms with Gasteiger partial charge in [0.25, 0.3) is 0 Å². The molecular formula is C19H15BrNO+. The smallest absolute Gasteiger partial charge is 0.227 e. The number of pyridine rings is 1. The average molecular weight is 353 g/mol. The molecule has 0 aliphatic rings. The number of aromatic nitrogens is 1. The van der Waals surface area contributed by atoms with Gasteiger partial charge in [0.1, 0.15) is 0 Å². The first-order valence-electron chi connectivity index (χ1n) is 7.06. The molecule has 2 aromatic carbocycles. The zero-order valence-corrected chi connectivity index (χ0v) is 13.5. The van der Waals surface area contributed by atoms with Crippen LogP contribution in [0.4, 0.5) is 0 Å². The van der Waals surface area contributed by atoms with Crippen LogP contribution in [0.3, 0.4) is 0 Å². The van der Waals surface area contributed by atoms with E-state index < -0.39 is 0 Å². The maximum Gasteiger partial charge on any atom is 0.227 e. The van der Waals surface area contributed by atoms with E-state index in [0.29, 0.717) is 6.54 Å². The van der Waals surface area contributed by atoms with Crippen LogP contribution < -0.4 is 4.57 Å². The standard InChI is InChI=1S/C19H15BrNO/c20-18-10-8-16(9-11-18)19(22)14-21-12-4-7-17(13-21)15-5-2-1-3-6-15/h1-13H,14H2/q+1. The molecule has 3 rings (SSSR count). The second kappa shape index (κ2) is 6.67. The predicted octanol–water partition coefficient (Wildman–Crippen LogP) is 4.29. The summed E-state index contributed by atoms with van der Waals surface area (Å²) in [6.45, 7) is 0.336. The number of hydrogen-bond donors (Lipinski definition) is 0. The Labute approximate surface area is 138 Å². The summed E-state index contributed by atoms with van der Waals surface area (Å²) in [6, 6.07) is 21.6. The van der Waals surface area contributed by atoms with Gasteiger partial charge in [0.05, 0.1) is 0 Å². The van der Waals surface area contributed by atoms with Crippen LogP contribution in [0.15, 0.2) is 83.6 Å². The minimum Gasteiger partial charge on any atom is -0.287 e. The number of ketones is 1. The molecule has 0 saturated carbocycles. The van der Waals surface area contributed by atoms with Crippen molar-refractivity contribution in [3.8, 4) is 11.1 Å². The molecule has 1 aromatic heterocycles. The van der Waals surface area contributed by atoms with Crippen molar-refractivity contribution in [3.05, 3.63) is 89.2 Å². The fourth-order valence-electron chi connectivity index (χ4n) is 2.31. The molecule has 0 saturated heterocycles. The van der Waals surface area contributed by atoms with Crippen LogP contribution in [0.5, 0.6) is 0 Å². The Hall–Kier alpha value is -2.26. The van der Waals surface area contributed by atoms with Crippen LogP contribution in [-0.2, 0) is 6.54 Å². The Balaban J connectivity index is 1.81. The van der Waals surface area contributed by atoms with E-state index in [4.69, 9.17) is 0 Å². The number of carbonyl (C=O) groups excluding carboxylic acids is 1. The summed E-state index contributed by atoms with van der Waals surface area (Å²) in [6.07, 6.45) is 3.93. The van der Waals surface area contributed by atoms with Gasteiger partial charge in [-0.05, 0) is 23.8 Å². The second-order valence-electron chi connectivity index (χ2n) is 5.06. The molecule has 0 spiro atoms. The molecule has 1 heterocycles. The third-order valence-corrected chi connectivity index (χ3v) is 3.99. The first kappa shape index (κ1) is 14.7. The van der Waals surface area contributed by atoms with Crippen molar-refractivity contribution in [2.45, 2.75) is 6.54 Å². The van der Waals surface area contributed by atoms with Crippen molar-refractivity contribution in [2.24, 2.45) is 0 Å². The van der Waals surface area contributed by atoms with E-state index in [2.05, 4.69) is 34.1 Å². The average Bonchev–Trinajstić information content (AvgIpc) is 2.56. The van der Waals surface area contributed by atoms with E-state index in [0.717, 1.165) is 21.2 Å². The molecule has 0 N–H and O–H groups in total. The number of nitrogens with zero attached hydrogens (tertiary/aromatic N) is 1. The predicted molar refractivity (Wildman–Crippen MR) is 90.5 cm³/mol. The molecule has 0 aliphatic carbocycles. The van der Waals surface area contributed by atoms with Gasteiger partial charge in [-0.3, -0.25) is 4.79 Å². The lowest BCUT2D eigenvalue weighted by Crippen LogP contribution is -2.37. The molecule has 0 unspecified atom stereocenters. The first-order chi connectivity index (χ1) is 10.7. The minimum absolute atomic E-state index is 0.0997. The molecular weight excluding hydrogens is 338 g/mol. The molecule has 0 radical (unpaired) electrons. The minimum atomic E-state index is 0.0997. The number of rotatable bonds is 4. The van der Waals surface area contributed by atoms with E-state index in [1.165, 1.54) is 0 Å². The summed E-state index contributed by atoms with van der Waals surface area (Å²) in [5.41, 5.74) is 2.97. The molecule has 108 valence electrons. The molecule has 0 amide bonds. The summed E-state index contributed by atoms with van der Waals surface area (Å²) >= 11 is 3.38. The van der Waals surface area contributed by atoms with E-state index in [-0.39, 0.29) is 5.78 Å². The summed E-state index contributed by atoms with van der Waals surface area (Å²) in [7, 11) is 0. The Bertz CT molecular complexity index is 782. The van der Waals surface area contributed by atoms with Gasteiger partial charge in [-0.2, -0.15) is 4.57 Å². The van der Waals surface area contributed by atoms with Crippen LogP contribution in [0, 0.1) is 0 Å². The van der Waals surface area contributed by atoms with Crippen LogP contribution in [-0.4, -0.2) is 5.78 Å². The summed E-state index contributed by atoms with van der Waals surface area (Å²) in [4.78, 5) is 12.3. The van der Waals surface area contributed by atoms with Crippen molar-refractivity contribution >= 4 is 21.7 Å². The second-order valence-corrected chi connectivity index (χ2v) is 5.98. The molecule has 22 heavy (non-hydrogen) atoms. The van der Waals surface area contributed by atoms with Crippen molar-refractivity contribution in [3.63, 3.8) is 0 Å². The number of carbonyl (C=O) groups is 1. The molecule has 3 heteroatoms. The Morgan fingerprint density at radius 2 is 1.55 bits per heavy atom. The van der Waals surface area contributed by atoms with Gasteiger partial charge < -0.3 is 0 Å². The van der Waals surface area contributed by atoms with Gasteiger partial charge in [-0.1, -0.05) is 58.4 Å². The lowest BCUT2D eigenvalue weighted by molar-refractivity contribution is -0.682. The maximum atomic E-state index is 12.3. The number of benzene rings is 2. The van der Waals surface area contributed by atoms with Crippen LogP contribution in [0.1, 0.15) is 10.4 Å². The van der Waals surface area contributed by atoms with Crippen LogP contribution >= 0.6 is 15.9 Å². The lowest BCUT2D eigenvalue weighted by atomic mass is 10.1. The van der Waals surface area contributed by atoms with Crippen molar-refractivity contribution in [1.82, 2.24) is 0 Å². The highest BCUT2D eigenvalue weighted by Gasteiger charge is 2.12. The Kier molecular flexibility index (Phi) is 4.45. The van der Waals surface area contributed by atoms with E-state index in [9.17, 15) is 4.79 Å². The van der Waals surface area contributed by atoms with Crippen molar-refractivity contribution in [2.75, 3.05) is 0 Å². The molecule has 0 aliphatic heterocycles.